The molecule has 1 heteroatoms. The SMILES string of the molecule is CC1CCCCC1(N)CC1CC2CCC1C2. The first-order valence-electron chi connectivity index (χ1n) is 7.46. The van der Waals surface area contributed by atoms with E-state index in [1.54, 1.807) is 0 Å². The van der Waals surface area contributed by atoms with Crippen LogP contribution in [-0.4, -0.2) is 5.54 Å². The van der Waals surface area contributed by atoms with Crippen molar-refractivity contribution in [1.82, 2.24) is 0 Å². The van der Waals surface area contributed by atoms with E-state index in [9.17, 15) is 0 Å². The first-order valence-corrected chi connectivity index (χ1v) is 7.46. The molecule has 2 bridgehead atoms. The molecule has 0 radical (unpaired) electrons. The molecule has 0 aromatic rings. The minimum atomic E-state index is 0.202. The fourth-order valence-corrected chi connectivity index (χ4v) is 4.86. The predicted molar refractivity (Wildman–Crippen MR) is 68.1 cm³/mol. The summed E-state index contributed by atoms with van der Waals surface area (Å²) in [5.41, 5.74) is 6.92. The van der Waals surface area contributed by atoms with Gasteiger partial charge in [0.05, 0.1) is 0 Å². The molecule has 0 aliphatic heterocycles. The van der Waals surface area contributed by atoms with Crippen molar-refractivity contribution in [3.8, 4) is 0 Å². The van der Waals surface area contributed by atoms with Crippen LogP contribution in [0.3, 0.4) is 0 Å². The van der Waals surface area contributed by atoms with Gasteiger partial charge in [-0.1, -0.05) is 26.2 Å². The van der Waals surface area contributed by atoms with Crippen molar-refractivity contribution in [1.29, 1.82) is 0 Å². The molecule has 2 N–H and O–H groups in total. The molecule has 5 atom stereocenters. The zero-order chi connectivity index (χ0) is 11.2. The van der Waals surface area contributed by atoms with E-state index in [1.165, 1.54) is 57.8 Å². The smallest absolute Gasteiger partial charge is 0.0183 e. The molecule has 0 spiro atoms. The lowest BCUT2D eigenvalue weighted by atomic mass is 9.68. The average Bonchev–Trinajstić information content (AvgIpc) is 2.84. The summed E-state index contributed by atoms with van der Waals surface area (Å²) in [6, 6.07) is 0. The Morgan fingerprint density at radius 1 is 1.12 bits per heavy atom. The van der Waals surface area contributed by atoms with E-state index in [2.05, 4.69) is 6.92 Å². The minimum absolute atomic E-state index is 0.202. The quantitative estimate of drug-likeness (QED) is 0.755. The van der Waals surface area contributed by atoms with Crippen LogP contribution in [0.2, 0.25) is 0 Å². The Labute approximate surface area is 100 Å². The van der Waals surface area contributed by atoms with Crippen LogP contribution in [0.4, 0.5) is 0 Å². The minimum Gasteiger partial charge on any atom is -0.325 e. The Kier molecular flexibility index (Phi) is 2.78. The van der Waals surface area contributed by atoms with Crippen molar-refractivity contribution in [3.63, 3.8) is 0 Å². The van der Waals surface area contributed by atoms with Crippen LogP contribution in [0.5, 0.6) is 0 Å². The topological polar surface area (TPSA) is 26.0 Å². The lowest BCUT2D eigenvalue weighted by molar-refractivity contribution is 0.142. The van der Waals surface area contributed by atoms with Gasteiger partial charge in [-0.2, -0.15) is 0 Å². The summed E-state index contributed by atoms with van der Waals surface area (Å²) in [5.74, 6) is 3.89. The lowest BCUT2D eigenvalue weighted by Gasteiger charge is -2.42. The molecule has 3 saturated carbocycles. The molecular formula is C15H27N. The highest BCUT2D eigenvalue weighted by atomic mass is 14.8. The van der Waals surface area contributed by atoms with Crippen molar-refractivity contribution in [2.45, 2.75) is 70.3 Å². The van der Waals surface area contributed by atoms with E-state index in [4.69, 9.17) is 5.73 Å². The summed E-state index contributed by atoms with van der Waals surface area (Å²) in [4.78, 5) is 0. The van der Waals surface area contributed by atoms with Crippen LogP contribution >= 0.6 is 0 Å². The summed E-state index contributed by atoms with van der Waals surface area (Å²) < 4.78 is 0. The van der Waals surface area contributed by atoms with E-state index >= 15 is 0 Å². The van der Waals surface area contributed by atoms with Gasteiger partial charge in [-0.05, 0) is 62.2 Å². The maximum Gasteiger partial charge on any atom is 0.0183 e. The monoisotopic (exact) mass is 221 g/mol. The number of nitrogens with two attached hydrogens (primary N) is 1. The fourth-order valence-electron chi connectivity index (χ4n) is 4.86. The van der Waals surface area contributed by atoms with Crippen molar-refractivity contribution < 1.29 is 0 Å². The Hall–Kier alpha value is -0.0400. The van der Waals surface area contributed by atoms with Gasteiger partial charge < -0.3 is 5.73 Å². The van der Waals surface area contributed by atoms with Crippen molar-refractivity contribution >= 4 is 0 Å². The van der Waals surface area contributed by atoms with Crippen LogP contribution in [0, 0.1) is 23.7 Å². The van der Waals surface area contributed by atoms with Crippen LogP contribution in [0.25, 0.3) is 0 Å². The van der Waals surface area contributed by atoms with Gasteiger partial charge in [-0.25, -0.2) is 0 Å². The van der Waals surface area contributed by atoms with Gasteiger partial charge in [0.2, 0.25) is 0 Å². The average molecular weight is 221 g/mol. The molecule has 92 valence electrons. The molecule has 0 aromatic heterocycles. The first-order chi connectivity index (χ1) is 7.67. The van der Waals surface area contributed by atoms with Gasteiger partial charge in [0.25, 0.3) is 0 Å². The maximum atomic E-state index is 6.71. The van der Waals surface area contributed by atoms with Gasteiger partial charge in [0.15, 0.2) is 0 Å². The Balaban J connectivity index is 1.64. The summed E-state index contributed by atoms with van der Waals surface area (Å²) >= 11 is 0. The van der Waals surface area contributed by atoms with E-state index in [1.807, 2.05) is 0 Å². The van der Waals surface area contributed by atoms with Gasteiger partial charge >= 0.3 is 0 Å². The second kappa shape index (κ2) is 4.01. The van der Waals surface area contributed by atoms with E-state index in [0.29, 0.717) is 0 Å². The van der Waals surface area contributed by atoms with E-state index in [-0.39, 0.29) is 5.54 Å². The van der Waals surface area contributed by atoms with E-state index < -0.39 is 0 Å². The van der Waals surface area contributed by atoms with Crippen LogP contribution in [0.1, 0.15) is 64.7 Å². The highest BCUT2D eigenvalue weighted by molar-refractivity contribution is 4.99. The maximum absolute atomic E-state index is 6.71. The normalized spacial score (nSPS) is 52.1. The first kappa shape index (κ1) is 11.1. The molecule has 0 heterocycles. The Bertz CT molecular complexity index is 262. The highest BCUT2D eigenvalue weighted by Gasteiger charge is 2.44. The zero-order valence-electron chi connectivity index (χ0n) is 10.8. The van der Waals surface area contributed by atoms with Crippen molar-refractivity contribution in [2.24, 2.45) is 29.4 Å². The molecule has 0 saturated heterocycles. The number of hydrogen-bond acceptors (Lipinski definition) is 1. The highest BCUT2D eigenvalue weighted by Crippen LogP contribution is 2.52. The summed E-state index contributed by atoms with van der Waals surface area (Å²) in [5, 5.41) is 0. The van der Waals surface area contributed by atoms with Crippen LogP contribution in [-0.2, 0) is 0 Å². The predicted octanol–water partition coefficient (Wildman–Crippen LogP) is 3.72. The second-order valence-corrected chi connectivity index (χ2v) is 7.02. The molecule has 0 aromatic carbocycles. The molecular weight excluding hydrogens is 194 g/mol. The number of fused-ring (bicyclic) bond motifs is 2. The molecule has 16 heavy (non-hydrogen) atoms. The zero-order valence-corrected chi connectivity index (χ0v) is 10.8. The molecule has 0 amide bonds. The molecule has 5 unspecified atom stereocenters. The van der Waals surface area contributed by atoms with Gasteiger partial charge in [0, 0.05) is 5.54 Å². The number of hydrogen-bond donors (Lipinski definition) is 1. The van der Waals surface area contributed by atoms with E-state index in [0.717, 1.165) is 23.7 Å². The van der Waals surface area contributed by atoms with Crippen LogP contribution in [0.15, 0.2) is 0 Å². The van der Waals surface area contributed by atoms with Crippen molar-refractivity contribution in [2.75, 3.05) is 0 Å². The third-order valence-electron chi connectivity index (χ3n) is 6.04. The summed E-state index contributed by atoms with van der Waals surface area (Å²) in [7, 11) is 0. The third-order valence-corrected chi connectivity index (χ3v) is 6.04. The van der Waals surface area contributed by atoms with Crippen LogP contribution < -0.4 is 5.73 Å². The Morgan fingerprint density at radius 2 is 2.00 bits per heavy atom. The van der Waals surface area contributed by atoms with Gasteiger partial charge in [-0.3, -0.25) is 0 Å². The molecule has 3 aliphatic carbocycles. The standard InChI is InChI=1S/C15H27N/c1-11-4-2-3-7-15(11,16)10-14-9-12-5-6-13(14)8-12/h11-14H,2-10,16H2,1H3. The second-order valence-electron chi connectivity index (χ2n) is 7.02. The molecule has 3 aliphatic rings. The largest absolute Gasteiger partial charge is 0.325 e. The summed E-state index contributed by atoms with van der Waals surface area (Å²) in [6.45, 7) is 2.40. The third kappa shape index (κ3) is 1.81. The number of rotatable bonds is 2. The van der Waals surface area contributed by atoms with Gasteiger partial charge in [0.1, 0.15) is 0 Å². The fraction of sp³-hybridized carbons (Fsp3) is 1.00. The van der Waals surface area contributed by atoms with Gasteiger partial charge in [-0.15, -0.1) is 0 Å². The summed E-state index contributed by atoms with van der Waals surface area (Å²) in [6.07, 6.45) is 12.9. The molecule has 3 fully saturated rings. The lowest BCUT2D eigenvalue weighted by Crippen LogP contribution is -2.49. The Morgan fingerprint density at radius 3 is 2.62 bits per heavy atom. The molecule has 3 rings (SSSR count). The molecule has 1 nitrogen and oxygen atoms in total. The van der Waals surface area contributed by atoms with Crippen molar-refractivity contribution in [3.05, 3.63) is 0 Å².